The molecule has 0 saturated carbocycles. The van der Waals surface area contributed by atoms with Crippen molar-refractivity contribution in [2.45, 2.75) is 25.0 Å². The van der Waals surface area contributed by atoms with Crippen molar-refractivity contribution in [2.75, 3.05) is 174 Å². The van der Waals surface area contributed by atoms with Crippen LogP contribution in [0.1, 0.15) is 8.35 Å². The van der Waals surface area contributed by atoms with Gasteiger partial charge in [0.2, 0.25) is 0 Å². The van der Waals surface area contributed by atoms with E-state index in [9.17, 15) is 0 Å². The quantitative estimate of drug-likeness (QED) is 0.0402. The van der Waals surface area contributed by atoms with Gasteiger partial charge in [-0.2, -0.15) is 0 Å². The number of nitrogens with zero attached hydrogens (tertiary/aromatic N) is 7. The molecule has 0 atom stereocenters. The zero-order valence-electron chi connectivity index (χ0n) is 39.2. The minimum absolute atomic E-state index is 0. The van der Waals surface area contributed by atoms with Crippen LogP contribution in [0.3, 0.4) is 0 Å². The van der Waals surface area contributed by atoms with Crippen LogP contribution in [0, 0.1) is 0 Å². The standard InChI is InChI=1S/C14H22N4O2.C9H18N2O2.C7H14N2O.C5H5ClN2.C2H5BrO.C2H6O.CH2O3.2K.H/c15-14-9-13(1-2-16-14)20-8-7-17-3-5-18(6-4-17)12-10-19-11-12;12-6-5-10-1-3-11(4-2-10)9-7-13-8-9;1-3-9(4-2-8-1)7-5-10-6-7;6-4-1-2-8-5(7)3-4;3-1-2-4;1-2-3;2-1-4-3;;;/h1-2,9,12H,3-8,10-11H2,(H2,15,16);9,12H,1-8H2;7-8H,1-6H2;1-3H,(H2,7,8);4H,1-2H2;3H,2H2,1H3;1,3H;;;/q;;;;;;;2*+1;-1/p-1. The van der Waals surface area contributed by atoms with Gasteiger partial charge in [-0.05, 0) is 25.1 Å². The molecule has 8 N–H and O–H groups in total. The number of nitrogens with two attached hydrogens (primary N) is 2. The number of hydrogen-bond acceptors (Lipinski definition) is 20. The molecule has 2 aromatic heterocycles. The van der Waals surface area contributed by atoms with Gasteiger partial charge in [0, 0.05) is 127 Å². The number of anilines is 2. The molecule has 6 aliphatic rings. The zero-order valence-corrected chi connectivity index (χ0v) is 46.8. The van der Waals surface area contributed by atoms with Crippen molar-refractivity contribution in [1.29, 1.82) is 0 Å². The van der Waals surface area contributed by atoms with E-state index in [2.05, 4.69) is 60.6 Å². The number of alkyl halides is 1. The molecule has 0 spiro atoms. The fourth-order valence-electron chi connectivity index (χ4n) is 6.43. The number of nitrogens with one attached hydrogen (secondary N) is 1. The number of halogens is 2. The third-order valence-corrected chi connectivity index (χ3v) is 10.7. The number of nitrogen functional groups attached to an aromatic ring is 2. The van der Waals surface area contributed by atoms with Crippen molar-refractivity contribution >= 4 is 45.6 Å². The first-order valence-corrected chi connectivity index (χ1v) is 22.6. The van der Waals surface area contributed by atoms with Gasteiger partial charge in [0.1, 0.15) is 24.0 Å². The van der Waals surface area contributed by atoms with Gasteiger partial charge in [-0.15, -0.1) is 0 Å². The van der Waals surface area contributed by atoms with Crippen LogP contribution >= 0.6 is 27.5 Å². The Balaban J connectivity index is 0. The van der Waals surface area contributed by atoms with Crippen molar-refractivity contribution < 1.29 is 153 Å². The van der Waals surface area contributed by atoms with Gasteiger partial charge in [0.05, 0.1) is 71.0 Å². The van der Waals surface area contributed by atoms with E-state index in [0.717, 1.165) is 130 Å². The number of rotatable bonds is 11. The molecule has 0 aromatic carbocycles. The maximum Gasteiger partial charge on any atom is 1.00 e. The Morgan fingerprint density at radius 2 is 1.19 bits per heavy atom. The summed E-state index contributed by atoms with van der Waals surface area (Å²) in [6.07, 6.45) is 3.24. The fourth-order valence-corrected chi connectivity index (χ4v) is 6.59. The number of hydrogen-bond donors (Lipinski definition) is 6. The molecule has 6 aliphatic heterocycles. The number of β-amino-alcohol motifs (C(OH)–C–C–N with tert-alkyl or cyclic N) is 1. The predicted octanol–water partition coefficient (Wildman–Crippen LogP) is -7.41. The average molecular weight is 1050 g/mol. The van der Waals surface area contributed by atoms with Gasteiger partial charge in [-0.1, -0.05) is 27.5 Å². The largest absolute Gasteiger partial charge is 1.00 e. The molecule has 0 amide bonds. The molecule has 6 fully saturated rings. The SMILES string of the molecule is C1CN(C2COC2)CCN1.CCO.Nc1cc(Cl)ccn1.Nc1cc(OCCN2CCN(C3COC3)CC2)ccn1.O=CO[O-].OCCBr.OCCN1CCN(C2COC2)CC1.[H-].[K+].[K+]. The summed E-state index contributed by atoms with van der Waals surface area (Å²) in [6, 6.07) is 8.95. The van der Waals surface area contributed by atoms with Crippen LogP contribution in [0.2, 0.25) is 5.02 Å². The minimum Gasteiger partial charge on any atom is -1.00 e. The van der Waals surface area contributed by atoms with E-state index in [1.165, 1.54) is 13.1 Å². The third-order valence-electron chi connectivity index (χ3n) is 10.1. The number of piperazine rings is 3. The van der Waals surface area contributed by atoms with Crippen LogP contribution in [0.15, 0.2) is 36.7 Å². The van der Waals surface area contributed by atoms with Gasteiger partial charge < -0.3 is 62.6 Å². The van der Waals surface area contributed by atoms with Crippen molar-refractivity contribution in [3.63, 3.8) is 0 Å². The van der Waals surface area contributed by atoms with Crippen LogP contribution in [0.4, 0.5) is 11.6 Å². The van der Waals surface area contributed by atoms with Crippen molar-refractivity contribution in [3.8, 4) is 5.75 Å². The number of ether oxygens (including phenoxy) is 4. The monoisotopic (exact) mass is 1040 g/mol. The summed E-state index contributed by atoms with van der Waals surface area (Å²) in [7, 11) is 0. The predicted molar refractivity (Wildman–Crippen MR) is 241 cm³/mol. The Morgan fingerprint density at radius 3 is 1.52 bits per heavy atom. The molecule has 8 heterocycles. The maximum absolute atomic E-state index is 8.78. The summed E-state index contributed by atoms with van der Waals surface area (Å²) < 4.78 is 21.2. The Morgan fingerprint density at radius 1 is 0.781 bits per heavy atom. The molecule has 0 bridgehead atoms. The molecule has 6 saturated heterocycles. The van der Waals surface area contributed by atoms with Gasteiger partial charge in [0.15, 0.2) is 0 Å². The van der Waals surface area contributed by atoms with Crippen molar-refractivity contribution in [1.82, 2.24) is 39.8 Å². The number of aromatic nitrogens is 2. The average Bonchev–Trinajstić information content (AvgIpc) is 3.22. The topological polar surface area (TPSA) is 253 Å². The molecule has 358 valence electrons. The van der Waals surface area contributed by atoms with Crippen molar-refractivity contribution in [2.24, 2.45) is 0 Å². The van der Waals surface area contributed by atoms with E-state index < -0.39 is 0 Å². The van der Waals surface area contributed by atoms with Crippen molar-refractivity contribution in [3.05, 3.63) is 41.7 Å². The molecular formula is C40H72BrClK2N10O10. The van der Waals surface area contributed by atoms with Crippen LogP contribution in [0.25, 0.3) is 0 Å². The second-order valence-corrected chi connectivity index (χ2v) is 15.7. The Bertz CT molecular complexity index is 1380. The summed E-state index contributed by atoms with van der Waals surface area (Å²) in [5, 5.41) is 37.2. The minimum atomic E-state index is -0.181. The number of carbonyl (C=O) groups excluding carboxylic acids is 1. The van der Waals surface area contributed by atoms with E-state index in [1.54, 1.807) is 37.5 Å². The molecule has 8 rings (SSSR count). The first kappa shape index (κ1) is 64.7. The number of pyridine rings is 2. The van der Waals surface area contributed by atoms with E-state index in [4.69, 9.17) is 67.4 Å². The van der Waals surface area contributed by atoms with Crippen LogP contribution < -0.4 is 130 Å². The first-order valence-electron chi connectivity index (χ1n) is 21.1. The zero-order chi connectivity index (χ0) is 45.2. The second-order valence-electron chi connectivity index (χ2n) is 14.4. The second kappa shape index (κ2) is 42.6. The molecule has 0 unspecified atom stereocenters. The summed E-state index contributed by atoms with van der Waals surface area (Å²) in [6.45, 7) is 24.0. The van der Waals surface area contributed by atoms with E-state index in [-0.39, 0.29) is 130 Å². The molecular weight excluding hydrogens is 974 g/mol. The normalized spacial score (nSPS) is 19.2. The number of aliphatic hydroxyl groups is 3. The third kappa shape index (κ3) is 29.7. The number of carbonyl (C=O) groups is 1. The molecule has 20 nitrogen and oxygen atoms in total. The Kier molecular flexibility index (Phi) is 43.0. The van der Waals surface area contributed by atoms with Gasteiger partial charge in [-0.3, -0.25) is 29.3 Å². The molecule has 0 aliphatic carbocycles. The van der Waals surface area contributed by atoms with E-state index in [1.807, 2.05) is 6.07 Å². The number of aliphatic hydroxyl groups excluding tert-OH is 3. The van der Waals surface area contributed by atoms with Crippen LogP contribution in [-0.4, -0.2) is 237 Å². The Labute approximate surface area is 479 Å². The molecule has 64 heavy (non-hydrogen) atoms. The van der Waals surface area contributed by atoms with E-state index >= 15 is 0 Å². The van der Waals surface area contributed by atoms with Gasteiger partial charge in [-0.25, -0.2) is 9.97 Å². The summed E-state index contributed by atoms with van der Waals surface area (Å²) in [4.78, 5) is 31.2. The summed E-state index contributed by atoms with van der Waals surface area (Å²) in [5.74, 6) is 1.75. The molecule has 0 radical (unpaired) electrons. The van der Waals surface area contributed by atoms with Gasteiger partial charge in [0.25, 0.3) is 6.47 Å². The summed E-state index contributed by atoms with van der Waals surface area (Å²) in [5.41, 5.74) is 10.9. The van der Waals surface area contributed by atoms with Gasteiger partial charge >= 0.3 is 103 Å². The molecule has 24 heteroatoms. The Hall–Kier alpha value is 0.693. The van der Waals surface area contributed by atoms with Crippen LogP contribution in [-0.2, 0) is 23.9 Å². The molecule has 2 aromatic rings. The smallest absolute Gasteiger partial charge is 1.00 e. The van der Waals surface area contributed by atoms with Crippen LogP contribution in [0.5, 0.6) is 5.75 Å². The first-order chi connectivity index (χ1) is 30.2. The fraction of sp³-hybridized carbons (Fsp3) is 0.725. The maximum atomic E-state index is 8.78. The van der Waals surface area contributed by atoms with E-state index in [0.29, 0.717) is 40.7 Å². The summed E-state index contributed by atoms with van der Waals surface area (Å²) >= 11 is 8.52.